The first-order chi connectivity index (χ1) is 4.81. The minimum Gasteiger partial charge on any atom is -0.381 e. The van der Waals surface area contributed by atoms with E-state index < -0.39 is 0 Å². The molecule has 61 valence electrons. The molecule has 0 saturated heterocycles. The third-order valence-electron chi connectivity index (χ3n) is 1.47. The van der Waals surface area contributed by atoms with Crippen molar-refractivity contribution in [2.45, 2.75) is 33.1 Å². The van der Waals surface area contributed by atoms with Crippen molar-refractivity contribution in [3.8, 4) is 0 Å². The van der Waals surface area contributed by atoms with Crippen molar-refractivity contribution in [1.82, 2.24) is 0 Å². The van der Waals surface area contributed by atoms with Gasteiger partial charge in [0.05, 0.1) is 0 Å². The molecule has 0 amide bonds. The van der Waals surface area contributed by atoms with Crippen LogP contribution in [0.3, 0.4) is 0 Å². The zero-order valence-corrected chi connectivity index (χ0v) is 7.23. The standard InChI is InChI=1S/C9H19O/c1-4-6-9(3)8-10-7-5-2/h9H,2,4-8H2,1,3H3. The van der Waals surface area contributed by atoms with E-state index in [0.29, 0.717) is 0 Å². The van der Waals surface area contributed by atoms with E-state index in [1.54, 1.807) is 0 Å². The lowest BCUT2D eigenvalue weighted by molar-refractivity contribution is 0.105. The molecule has 1 unspecified atom stereocenters. The third kappa shape index (κ3) is 6.09. The van der Waals surface area contributed by atoms with Crippen molar-refractivity contribution in [2.75, 3.05) is 13.2 Å². The van der Waals surface area contributed by atoms with Crippen LogP contribution in [0.2, 0.25) is 0 Å². The lowest BCUT2D eigenvalue weighted by Crippen LogP contribution is -2.05. The maximum atomic E-state index is 5.33. The van der Waals surface area contributed by atoms with Gasteiger partial charge in [0.15, 0.2) is 0 Å². The maximum absolute atomic E-state index is 5.33. The van der Waals surface area contributed by atoms with E-state index in [-0.39, 0.29) is 0 Å². The smallest absolute Gasteiger partial charge is 0.0491 e. The second-order valence-electron chi connectivity index (χ2n) is 2.82. The zero-order valence-electron chi connectivity index (χ0n) is 7.23. The fraction of sp³-hybridized carbons (Fsp3) is 0.889. The average Bonchev–Trinajstić information content (AvgIpc) is 1.89. The molecule has 0 saturated carbocycles. The Morgan fingerprint density at radius 1 is 1.50 bits per heavy atom. The van der Waals surface area contributed by atoms with Crippen LogP contribution < -0.4 is 0 Å². The highest BCUT2D eigenvalue weighted by Crippen LogP contribution is 2.04. The van der Waals surface area contributed by atoms with Crippen molar-refractivity contribution in [1.29, 1.82) is 0 Å². The SMILES string of the molecule is [CH2]CCOCC(C)CCC. The van der Waals surface area contributed by atoms with E-state index in [1.807, 2.05) is 0 Å². The molecular weight excluding hydrogens is 124 g/mol. The lowest BCUT2D eigenvalue weighted by atomic mass is 10.1. The molecule has 0 heterocycles. The second-order valence-corrected chi connectivity index (χ2v) is 2.82. The van der Waals surface area contributed by atoms with Crippen LogP contribution in [0.25, 0.3) is 0 Å². The Morgan fingerprint density at radius 3 is 2.70 bits per heavy atom. The van der Waals surface area contributed by atoms with Gasteiger partial charge >= 0.3 is 0 Å². The van der Waals surface area contributed by atoms with Crippen molar-refractivity contribution in [3.63, 3.8) is 0 Å². The van der Waals surface area contributed by atoms with Gasteiger partial charge in [0.25, 0.3) is 0 Å². The Labute approximate surface area is 64.8 Å². The van der Waals surface area contributed by atoms with Crippen LogP contribution in [-0.2, 0) is 4.74 Å². The van der Waals surface area contributed by atoms with Gasteiger partial charge in [-0.3, -0.25) is 0 Å². The molecule has 0 rings (SSSR count). The third-order valence-corrected chi connectivity index (χ3v) is 1.47. The fourth-order valence-corrected chi connectivity index (χ4v) is 0.963. The number of rotatable bonds is 6. The molecule has 0 aromatic rings. The van der Waals surface area contributed by atoms with Gasteiger partial charge in [-0.1, -0.05) is 27.2 Å². The molecule has 10 heavy (non-hydrogen) atoms. The van der Waals surface area contributed by atoms with Crippen molar-refractivity contribution < 1.29 is 4.74 Å². The molecule has 1 nitrogen and oxygen atoms in total. The van der Waals surface area contributed by atoms with Crippen molar-refractivity contribution >= 4 is 0 Å². The van der Waals surface area contributed by atoms with Crippen molar-refractivity contribution in [3.05, 3.63) is 6.92 Å². The Hall–Kier alpha value is -0.0400. The van der Waals surface area contributed by atoms with E-state index in [9.17, 15) is 0 Å². The molecule has 1 atom stereocenters. The molecule has 0 aromatic heterocycles. The summed E-state index contributed by atoms with van der Waals surface area (Å²) in [6, 6.07) is 0. The number of hydrogen-bond acceptors (Lipinski definition) is 1. The largest absolute Gasteiger partial charge is 0.381 e. The molecule has 0 aliphatic heterocycles. The molecule has 1 heteroatoms. The van der Waals surface area contributed by atoms with Crippen LogP contribution in [0, 0.1) is 12.8 Å². The first-order valence-electron chi connectivity index (χ1n) is 4.18. The fourth-order valence-electron chi connectivity index (χ4n) is 0.963. The van der Waals surface area contributed by atoms with Crippen LogP contribution >= 0.6 is 0 Å². The highest BCUT2D eigenvalue weighted by atomic mass is 16.5. The van der Waals surface area contributed by atoms with E-state index in [4.69, 9.17) is 4.74 Å². The van der Waals surface area contributed by atoms with Gasteiger partial charge in [0, 0.05) is 13.2 Å². The second kappa shape index (κ2) is 7.07. The summed E-state index contributed by atoms with van der Waals surface area (Å²) in [5, 5.41) is 0. The highest BCUT2D eigenvalue weighted by molar-refractivity contribution is 4.49. The van der Waals surface area contributed by atoms with E-state index in [2.05, 4.69) is 20.8 Å². The molecule has 0 fully saturated rings. The number of ether oxygens (including phenoxy) is 1. The summed E-state index contributed by atoms with van der Waals surface area (Å²) in [6.07, 6.45) is 3.42. The maximum Gasteiger partial charge on any atom is 0.0491 e. The molecule has 0 aliphatic rings. The summed E-state index contributed by atoms with van der Waals surface area (Å²) in [4.78, 5) is 0. The van der Waals surface area contributed by atoms with Crippen LogP contribution in [0.1, 0.15) is 33.1 Å². The van der Waals surface area contributed by atoms with Gasteiger partial charge < -0.3 is 4.74 Å². The van der Waals surface area contributed by atoms with Gasteiger partial charge in [0.1, 0.15) is 0 Å². The monoisotopic (exact) mass is 143 g/mol. The molecule has 0 N–H and O–H groups in total. The predicted molar refractivity (Wildman–Crippen MR) is 44.9 cm³/mol. The number of hydrogen-bond donors (Lipinski definition) is 0. The Morgan fingerprint density at radius 2 is 2.20 bits per heavy atom. The molecule has 1 radical (unpaired) electrons. The summed E-state index contributed by atoms with van der Waals surface area (Å²) in [5.74, 6) is 0.719. The van der Waals surface area contributed by atoms with Crippen molar-refractivity contribution in [2.24, 2.45) is 5.92 Å². The molecule has 0 aromatic carbocycles. The lowest BCUT2D eigenvalue weighted by Gasteiger charge is -2.09. The molecule has 0 spiro atoms. The zero-order chi connectivity index (χ0) is 7.82. The van der Waals surface area contributed by atoms with Crippen LogP contribution in [0.4, 0.5) is 0 Å². The van der Waals surface area contributed by atoms with Gasteiger partial charge in [-0.05, 0) is 18.8 Å². The average molecular weight is 143 g/mol. The Bertz CT molecular complexity index is 61.7. The van der Waals surface area contributed by atoms with Crippen LogP contribution in [0.5, 0.6) is 0 Å². The Kier molecular flexibility index (Phi) is 7.04. The molecular formula is C9H19O. The van der Waals surface area contributed by atoms with E-state index in [0.717, 1.165) is 25.6 Å². The van der Waals surface area contributed by atoms with Gasteiger partial charge in [-0.2, -0.15) is 0 Å². The summed E-state index contributed by atoms with van der Waals surface area (Å²) in [5.41, 5.74) is 0. The van der Waals surface area contributed by atoms with Crippen LogP contribution in [-0.4, -0.2) is 13.2 Å². The molecule has 0 aliphatic carbocycles. The highest BCUT2D eigenvalue weighted by Gasteiger charge is 1.98. The predicted octanol–water partition coefficient (Wildman–Crippen LogP) is 2.66. The Balaban J connectivity index is 2.97. The first kappa shape index (κ1) is 9.96. The quantitative estimate of drug-likeness (QED) is 0.519. The minimum atomic E-state index is 0.719. The minimum absolute atomic E-state index is 0.719. The molecule has 0 bridgehead atoms. The summed E-state index contributed by atoms with van der Waals surface area (Å²) in [7, 11) is 0. The van der Waals surface area contributed by atoms with E-state index in [1.165, 1.54) is 12.8 Å². The summed E-state index contributed by atoms with van der Waals surface area (Å²) in [6.45, 7) is 9.86. The van der Waals surface area contributed by atoms with Gasteiger partial charge in [-0.25, -0.2) is 0 Å². The van der Waals surface area contributed by atoms with Gasteiger partial charge in [-0.15, -0.1) is 0 Å². The summed E-state index contributed by atoms with van der Waals surface area (Å²) >= 11 is 0. The first-order valence-corrected chi connectivity index (χ1v) is 4.18. The van der Waals surface area contributed by atoms with Crippen LogP contribution in [0.15, 0.2) is 0 Å². The normalized spacial score (nSPS) is 13.5. The summed E-state index contributed by atoms with van der Waals surface area (Å²) < 4.78 is 5.33. The van der Waals surface area contributed by atoms with Gasteiger partial charge in [0.2, 0.25) is 0 Å². The topological polar surface area (TPSA) is 9.23 Å². The van der Waals surface area contributed by atoms with E-state index >= 15 is 0 Å².